The van der Waals surface area contributed by atoms with E-state index in [0.717, 1.165) is 37.7 Å². The van der Waals surface area contributed by atoms with E-state index in [-0.39, 0.29) is 12.1 Å². The van der Waals surface area contributed by atoms with Crippen LogP contribution in [0.2, 0.25) is 0 Å². The van der Waals surface area contributed by atoms with Crippen molar-refractivity contribution in [2.24, 2.45) is 11.8 Å². The highest BCUT2D eigenvalue weighted by atomic mass is 32.2. The summed E-state index contributed by atoms with van der Waals surface area (Å²) >= 11 is 0. The van der Waals surface area contributed by atoms with Gasteiger partial charge in [-0.25, -0.2) is 0 Å². The normalized spacial score (nSPS) is 34.4. The van der Waals surface area contributed by atoms with Crippen molar-refractivity contribution in [1.82, 2.24) is 9.03 Å². The largest absolute Gasteiger partial charge is 0.392 e. The Morgan fingerprint density at radius 1 is 1.25 bits per heavy atom. The van der Waals surface area contributed by atoms with Crippen LogP contribution >= 0.6 is 0 Å². The first-order chi connectivity index (χ1) is 11.5. The summed E-state index contributed by atoms with van der Waals surface area (Å²) < 4.78 is 30.0. The summed E-state index contributed by atoms with van der Waals surface area (Å²) in [5.41, 5.74) is 3.25. The second-order valence-corrected chi connectivity index (χ2v) is 9.29. The molecular weight excluding hydrogens is 324 g/mol. The van der Waals surface area contributed by atoms with Gasteiger partial charge in [0.15, 0.2) is 0 Å². The Hall–Kier alpha value is -0.950. The number of rotatable bonds is 3. The Bertz CT molecular complexity index is 749. The summed E-state index contributed by atoms with van der Waals surface area (Å²) in [5.74, 6) is 0.703. The van der Waals surface area contributed by atoms with Gasteiger partial charge in [-0.3, -0.25) is 0 Å². The number of nitrogens with zero attached hydrogens (tertiary/aromatic N) is 1. The number of fused-ring (bicyclic) bond motifs is 1. The summed E-state index contributed by atoms with van der Waals surface area (Å²) in [5, 5.41) is 9.41. The molecule has 0 unspecified atom stereocenters. The average Bonchev–Trinajstić information content (AvgIpc) is 2.93. The monoisotopic (exact) mass is 350 g/mol. The van der Waals surface area contributed by atoms with Crippen LogP contribution in [-0.4, -0.2) is 36.5 Å². The third-order valence-corrected chi connectivity index (χ3v) is 7.91. The molecule has 0 radical (unpaired) electrons. The smallest absolute Gasteiger partial charge is 0.280 e. The Kier molecular flexibility index (Phi) is 3.99. The maximum atomic E-state index is 12.6. The van der Waals surface area contributed by atoms with Gasteiger partial charge in [0.2, 0.25) is 0 Å². The highest BCUT2D eigenvalue weighted by molar-refractivity contribution is 7.87. The van der Waals surface area contributed by atoms with Crippen molar-refractivity contribution in [3.05, 3.63) is 34.9 Å². The molecule has 132 valence electrons. The van der Waals surface area contributed by atoms with Gasteiger partial charge in [-0.05, 0) is 60.6 Å². The first kappa shape index (κ1) is 16.5. The third-order valence-electron chi connectivity index (χ3n) is 6.28. The maximum absolute atomic E-state index is 12.6. The zero-order chi connectivity index (χ0) is 16.9. The summed E-state index contributed by atoms with van der Waals surface area (Å²) in [6.07, 6.45) is 4.85. The SMILES string of the molecule is CCCN1C[C@@]2(NS1(=O)=O)[C@@H]1CC[C@H]2Cc2cc(CO)ccc2C1. The zero-order valence-electron chi connectivity index (χ0n) is 14.2. The lowest BCUT2D eigenvalue weighted by Gasteiger charge is -2.33. The van der Waals surface area contributed by atoms with Crippen LogP contribution < -0.4 is 4.72 Å². The van der Waals surface area contributed by atoms with Crippen molar-refractivity contribution in [2.75, 3.05) is 13.1 Å². The first-order valence-electron chi connectivity index (χ1n) is 8.99. The highest BCUT2D eigenvalue weighted by Gasteiger charge is 2.59. The molecule has 1 saturated heterocycles. The van der Waals surface area contributed by atoms with Crippen molar-refractivity contribution in [2.45, 2.75) is 51.2 Å². The molecule has 2 fully saturated rings. The highest BCUT2D eigenvalue weighted by Crippen LogP contribution is 2.50. The number of aliphatic hydroxyl groups is 1. The minimum Gasteiger partial charge on any atom is -0.392 e. The minimum atomic E-state index is -3.36. The van der Waals surface area contributed by atoms with Gasteiger partial charge >= 0.3 is 0 Å². The zero-order valence-corrected chi connectivity index (χ0v) is 15.0. The molecule has 3 aliphatic rings. The molecule has 1 aliphatic heterocycles. The molecule has 1 spiro atoms. The number of aliphatic hydroxyl groups excluding tert-OH is 1. The number of nitrogens with one attached hydrogen (secondary N) is 1. The van der Waals surface area contributed by atoms with Crippen LogP contribution in [0, 0.1) is 11.8 Å². The molecular formula is C18H26N2O3S. The lowest BCUT2D eigenvalue weighted by atomic mass is 9.79. The third kappa shape index (κ3) is 2.43. The molecule has 4 rings (SSSR count). The van der Waals surface area contributed by atoms with Crippen LogP contribution in [0.1, 0.15) is 42.9 Å². The summed E-state index contributed by atoms with van der Waals surface area (Å²) in [4.78, 5) is 0. The standard InChI is InChI=1S/C18H26N2O3S/c1-2-7-20-12-18(19-24(20,22)23)16-5-6-17(18)10-15-8-13(11-21)3-4-14(15)9-16/h3-4,8,16-17,19,21H,2,5-7,9-12H2,1H3/t16-,17+,18-/m1/s1. The van der Waals surface area contributed by atoms with Gasteiger partial charge < -0.3 is 5.11 Å². The molecule has 2 N–H and O–H groups in total. The number of hydrogen-bond acceptors (Lipinski definition) is 3. The Labute approximate surface area is 144 Å². The van der Waals surface area contributed by atoms with E-state index in [1.165, 1.54) is 11.1 Å². The van der Waals surface area contributed by atoms with Crippen LogP contribution in [0.5, 0.6) is 0 Å². The lowest BCUT2D eigenvalue weighted by molar-refractivity contribution is 0.213. The fraction of sp³-hybridized carbons (Fsp3) is 0.667. The summed E-state index contributed by atoms with van der Waals surface area (Å²) in [6, 6.07) is 6.23. The van der Waals surface area contributed by atoms with E-state index in [1.54, 1.807) is 4.31 Å². The molecule has 0 amide bonds. The van der Waals surface area contributed by atoms with Gasteiger partial charge in [0.25, 0.3) is 10.2 Å². The van der Waals surface area contributed by atoms with Crippen molar-refractivity contribution in [3.63, 3.8) is 0 Å². The van der Waals surface area contributed by atoms with E-state index in [4.69, 9.17) is 0 Å². The molecule has 1 heterocycles. The van der Waals surface area contributed by atoms with Gasteiger partial charge in [-0.2, -0.15) is 17.4 Å². The minimum absolute atomic E-state index is 0.0590. The predicted octanol–water partition coefficient (Wildman–Crippen LogP) is 1.60. The van der Waals surface area contributed by atoms with Crippen LogP contribution in [0.4, 0.5) is 0 Å². The first-order valence-corrected chi connectivity index (χ1v) is 10.4. The molecule has 2 bridgehead atoms. The molecule has 3 atom stereocenters. The van der Waals surface area contributed by atoms with Gasteiger partial charge in [0.1, 0.15) is 0 Å². The summed E-state index contributed by atoms with van der Waals surface area (Å²) in [7, 11) is -3.36. The van der Waals surface area contributed by atoms with Crippen LogP contribution in [-0.2, 0) is 29.7 Å². The van der Waals surface area contributed by atoms with E-state index in [0.29, 0.717) is 24.9 Å². The molecule has 0 aromatic heterocycles. The predicted molar refractivity (Wildman–Crippen MR) is 92.6 cm³/mol. The van der Waals surface area contributed by atoms with Crippen molar-refractivity contribution in [1.29, 1.82) is 0 Å². The van der Waals surface area contributed by atoms with Gasteiger partial charge in [0.05, 0.1) is 12.1 Å². The maximum Gasteiger partial charge on any atom is 0.280 e. The topological polar surface area (TPSA) is 69.6 Å². The summed E-state index contributed by atoms with van der Waals surface area (Å²) in [6.45, 7) is 3.29. The second-order valence-electron chi connectivity index (χ2n) is 7.62. The van der Waals surface area contributed by atoms with Gasteiger partial charge in [-0.15, -0.1) is 0 Å². The molecule has 1 aromatic carbocycles. The van der Waals surface area contributed by atoms with E-state index in [9.17, 15) is 13.5 Å². The quantitative estimate of drug-likeness (QED) is 0.870. The van der Waals surface area contributed by atoms with Gasteiger partial charge in [-0.1, -0.05) is 25.1 Å². The Morgan fingerprint density at radius 3 is 2.62 bits per heavy atom. The van der Waals surface area contributed by atoms with E-state index >= 15 is 0 Å². The van der Waals surface area contributed by atoms with Crippen LogP contribution in [0.25, 0.3) is 0 Å². The lowest BCUT2D eigenvalue weighted by Crippen LogP contribution is -2.52. The average molecular weight is 350 g/mol. The van der Waals surface area contributed by atoms with Crippen molar-refractivity contribution >= 4 is 10.2 Å². The molecule has 5 nitrogen and oxygen atoms in total. The Balaban J connectivity index is 1.71. The fourth-order valence-corrected chi connectivity index (χ4v) is 6.92. The van der Waals surface area contributed by atoms with Crippen LogP contribution in [0.15, 0.2) is 18.2 Å². The van der Waals surface area contributed by atoms with E-state index in [1.807, 2.05) is 13.0 Å². The molecule has 6 heteroatoms. The van der Waals surface area contributed by atoms with Crippen molar-refractivity contribution < 1.29 is 13.5 Å². The number of benzene rings is 1. The molecule has 2 aliphatic carbocycles. The van der Waals surface area contributed by atoms with Crippen molar-refractivity contribution in [3.8, 4) is 0 Å². The van der Waals surface area contributed by atoms with Gasteiger partial charge in [0, 0.05) is 13.1 Å². The second kappa shape index (κ2) is 5.80. The molecule has 1 saturated carbocycles. The Morgan fingerprint density at radius 2 is 1.96 bits per heavy atom. The number of hydrogen-bond donors (Lipinski definition) is 2. The molecule has 24 heavy (non-hydrogen) atoms. The van der Waals surface area contributed by atoms with E-state index in [2.05, 4.69) is 16.9 Å². The molecule has 1 aromatic rings. The fourth-order valence-electron chi connectivity index (χ4n) is 5.10. The van der Waals surface area contributed by atoms with E-state index < -0.39 is 10.2 Å². The van der Waals surface area contributed by atoms with Crippen LogP contribution in [0.3, 0.4) is 0 Å².